The maximum atomic E-state index is 11.9. The van der Waals surface area contributed by atoms with Gasteiger partial charge in [-0.3, -0.25) is 4.79 Å². The molecule has 0 aliphatic carbocycles. The Morgan fingerprint density at radius 3 is 2.83 bits per heavy atom. The number of aromatic nitrogens is 1. The summed E-state index contributed by atoms with van der Waals surface area (Å²) in [6.45, 7) is 2.44. The van der Waals surface area contributed by atoms with Crippen LogP contribution < -0.4 is 5.32 Å². The Morgan fingerprint density at radius 1 is 1.26 bits per heavy atom. The average Bonchev–Trinajstić information content (AvgIpc) is 3.07. The van der Waals surface area contributed by atoms with Gasteiger partial charge < -0.3 is 9.84 Å². The molecule has 0 aliphatic heterocycles. The highest BCUT2D eigenvalue weighted by Gasteiger charge is 2.09. The van der Waals surface area contributed by atoms with Gasteiger partial charge in [-0.25, -0.2) is 0 Å². The van der Waals surface area contributed by atoms with Crippen molar-refractivity contribution < 1.29 is 9.32 Å². The minimum absolute atomic E-state index is 0.216. The van der Waals surface area contributed by atoms with Gasteiger partial charge >= 0.3 is 0 Å². The van der Waals surface area contributed by atoms with Gasteiger partial charge in [-0.1, -0.05) is 52.7 Å². The molecule has 0 atom stereocenters. The first-order valence-electron chi connectivity index (χ1n) is 7.16. The van der Waals surface area contributed by atoms with Crippen LogP contribution in [0.15, 0.2) is 59.4 Å². The van der Waals surface area contributed by atoms with Crippen LogP contribution in [0.2, 0.25) is 5.02 Å². The molecule has 0 aliphatic rings. The summed E-state index contributed by atoms with van der Waals surface area (Å²) in [5.74, 6) is -0.216. The molecule has 1 amide bonds. The van der Waals surface area contributed by atoms with E-state index >= 15 is 0 Å². The fourth-order valence-corrected chi connectivity index (χ4v) is 2.66. The van der Waals surface area contributed by atoms with Gasteiger partial charge in [0.05, 0.1) is 11.8 Å². The zero-order chi connectivity index (χ0) is 16.2. The Balaban J connectivity index is 1.81. The lowest BCUT2D eigenvalue weighted by molar-refractivity contribution is 0.0950. The molecule has 3 rings (SSSR count). The van der Waals surface area contributed by atoms with E-state index in [1.165, 1.54) is 12.5 Å². The van der Waals surface area contributed by atoms with Crippen molar-refractivity contribution in [3.8, 4) is 11.1 Å². The fraction of sp³-hybridized carbons (Fsp3) is 0.111. The van der Waals surface area contributed by atoms with Crippen LogP contribution in [0.4, 0.5) is 0 Å². The Labute approximate surface area is 139 Å². The van der Waals surface area contributed by atoms with Gasteiger partial charge in [0.25, 0.3) is 5.91 Å². The van der Waals surface area contributed by atoms with Crippen molar-refractivity contribution in [2.75, 3.05) is 0 Å². The van der Waals surface area contributed by atoms with E-state index in [1.54, 1.807) is 0 Å². The third-order valence-corrected chi connectivity index (χ3v) is 3.80. The molecule has 0 saturated carbocycles. The van der Waals surface area contributed by atoms with Crippen LogP contribution in [0.25, 0.3) is 11.1 Å². The van der Waals surface area contributed by atoms with E-state index in [-0.39, 0.29) is 5.91 Å². The van der Waals surface area contributed by atoms with E-state index in [4.69, 9.17) is 11.6 Å². The lowest BCUT2D eigenvalue weighted by Crippen LogP contribution is -2.22. The summed E-state index contributed by atoms with van der Waals surface area (Å²) in [6, 6.07) is 13.9. The summed E-state index contributed by atoms with van der Waals surface area (Å²) < 4.78 is 4.67. The SMILES string of the molecule is Cc1cc(CNC(=O)c2cnoc2)cc(-c2ccccc2Cl)c1. The van der Waals surface area contributed by atoms with Crippen LogP contribution >= 0.6 is 11.6 Å². The van der Waals surface area contributed by atoms with Crippen molar-refractivity contribution in [3.05, 3.63) is 76.6 Å². The average molecular weight is 327 g/mol. The summed E-state index contributed by atoms with van der Waals surface area (Å²) >= 11 is 6.27. The fourth-order valence-electron chi connectivity index (χ4n) is 2.42. The molecule has 1 heterocycles. The molecule has 0 fully saturated rings. The van der Waals surface area contributed by atoms with Crippen LogP contribution in [0.3, 0.4) is 0 Å². The highest BCUT2D eigenvalue weighted by atomic mass is 35.5. The summed E-state index contributed by atoms with van der Waals surface area (Å²) in [4.78, 5) is 11.9. The van der Waals surface area contributed by atoms with Crippen molar-refractivity contribution >= 4 is 17.5 Å². The van der Waals surface area contributed by atoms with Gasteiger partial charge in [-0.05, 0) is 30.2 Å². The van der Waals surface area contributed by atoms with Crippen LogP contribution in [-0.4, -0.2) is 11.1 Å². The van der Waals surface area contributed by atoms with Crippen molar-refractivity contribution in [3.63, 3.8) is 0 Å². The maximum absolute atomic E-state index is 11.9. The summed E-state index contributed by atoms with van der Waals surface area (Å²) in [7, 11) is 0. The van der Waals surface area contributed by atoms with Gasteiger partial charge in [-0.2, -0.15) is 0 Å². The molecule has 23 heavy (non-hydrogen) atoms. The third kappa shape index (κ3) is 3.60. The molecule has 1 N–H and O–H groups in total. The first-order valence-corrected chi connectivity index (χ1v) is 7.54. The highest BCUT2D eigenvalue weighted by Crippen LogP contribution is 2.29. The Kier molecular flexibility index (Phi) is 4.44. The number of hydrogen-bond donors (Lipinski definition) is 1. The summed E-state index contributed by atoms with van der Waals surface area (Å²) in [5, 5.41) is 7.08. The van der Waals surface area contributed by atoms with E-state index in [1.807, 2.05) is 43.3 Å². The van der Waals surface area contributed by atoms with Crippen LogP contribution in [-0.2, 0) is 6.54 Å². The number of benzene rings is 2. The molecule has 3 aromatic rings. The molecule has 116 valence electrons. The predicted molar refractivity (Wildman–Crippen MR) is 89.3 cm³/mol. The summed E-state index contributed by atoms with van der Waals surface area (Å²) in [6.07, 6.45) is 2.71. The zero-order valence-electron chi connectivity index (χ0n) is 12.5. The van der Waals surface area contributed by atoms with Gasteiger partial charge in [0.2, 0.25) is 0 Å². The summed E-state index contributed by atoms with van der Waals surface area (Å²) in [5.41, 5.74) is 4.53. The second-order valence-corrected chi connectivity index (χ2v) is 5.69. The predicted octanol–water partition coefficient (Wildman–Crippen LogP) is 4.23. The highest BCUT2D eigenvalue weighted by molar-refractivity contribution is 6.33. The molecule has 0 radical (unpaired) electrons. The van der Waals surface area contributed by atoms with Crippen LogP contribution in [0.5, 0.6) is 0 Å². The first-order chi connectivity index (χ1) is 11.1. The molecule has 0 spiro atoms. The number of carbonyl (C=O) groups excluding carboxylic acids is 1. The number of nitrogens with zero attached hydrogens (tertiary/aromatic N) is 1. The quantitative estimate of drug-likeness (QED) is 0.780. The molecule has 0 bridgehead atoms. The lowest BCUT2D eigenvalue weighted by atomic mass is 10.00. The zero-order valence-corrected chi connectivity index (χ0v) is 13.3. The lowest BCUT2D eigenvalue weighted by Gasteiger charge is -2.10. The minimum Gasteiger partial charge on any atom is -0.364 e. The molecule has 4 nitrogen and oxygen atoms in total. The van der Waals surface area contributed by atoms with Crippen molar-refractivity contribution in [1.29, 1.82) is 0 Å². The van der Waals surface area contributed by atoms with E-state index in [0.29, 0.717) is 17.1 Å². The Bertz CT molecular complexity index is 829. The number of rotatable bonds is 4. The Hall–Kier alpha value is -2.59. The molecule has 5 heteroatoms. The van der Waals surface area contributed by atoms with E-state index in [0.717, 1.165) is 22.3 Å². The standard InChI is InChI=1S/C18H15ClN2O2/c1-12-6-13(9-20-18(22)15-10-21-23-11-15)8-14(7-12)16-4-2-3-5-17(16)19/h2-8,10-11H,9H2,1H3,(H,20,22). The smallest absolute Gasteiger partial charge is 0.256 e. The second kappa shape index (κ2) is 6.67. The van der Waals surface area contributed by atoms with Crippen molar-refractivity contribution in [2.24, 2.45) is 0 Å². The molecule has 1 aromatic heterocycles. The van der Waals surface area contributed by atoms with Crippen molar-refractivity contribution in [1.82, 2.24) is 10.5 Å². The number of aryl methyl sites for hydroxylation is 1. The molecule has 2 aromatic carbocycles. The van der Waals surface area contributed by atoms with Gasteiger partial charge in [0.15, 0.2) is 0 Å². The first kappa shape index (κ1) is 15.3. The number of carbonyl (C=O) groups is 1. The largest absolute Gasteiger partial charge is 0.364 e. The van der Waals surface area contributed by atoms with Crippen LogP contribution in [0, 0.1) is 6.92 Å². The van der Waals surface area contributed by atoms with Gasteiger partial charge in [-0.15, -0.1) is 0 Å². The van der Waals surface area contributed by atoms with E-state index in [9.17, 15) is 4.79 Å². The van der Waals surface area contributed by atoms with E-state index < -0.39 is 0 Å². The van der Waals surface area contributed by atoms with Gasteiger partial charge in [0.1, 0.15) is 6.26 Å². The minimum atomic E-state index is -0.216. The van der Waals surface area contributed by atoms with Crippen molar-refractivity contribution in [2.45, 2.75) is 13.5 Å². The van der Waals surface area contributed by atoms with Gasteiger partial charge in [0, 0.05) is 17.1 Å². The topological polar surface area (TPSA) is 55.1 Å². The number of hydrogen-bond acceptors (Lipinski definition) is 3. The monoisotopic (exact) mass is 326 g/mol. The molecule has 0 saturated heterocycles. The molecular weight excluding hydrogens is 312 g/mol. The van der Waals surface area contributed by atoms with E-state index in [2.05, 4.69) is 21.1 Å². The Morgan fingerprint density at radius 2 is 2.09 bits per heavy atom. The third-order valence-electron chi connectivity index (χ3n) is 3.47. The normalized spacial score (nSPS) is 10.5. The molecular formula is C18H15ClN2O2. The maximum Gasteiger partial charge on any atom is 0.256 e. The number of nitrogens with one attached hydrogen (secondary N) is 1. The number of amides is 1. The molecule has 0 unspecified atom stereocenters. The number of halogens is 1. The second-order valence-electron chi connectivity index (χ2n) is 5.28. The van der Waals surface area contributed by atoms with Crippen LogP contribution in [0.1, 0.15) is 21.5 Å².